The van der Waals surface area contributed by atoms with E-state index in [0.29, 0.717) is 33.3 Å². The number of hydrogen-bond acceptors (Lipinski definition) is 5. The van der Waals surface area contributed by atoms with Crippen LogP contribution < -0.4 is 20.7 Å². The third-order valence-corrected chi connectivity index (χ3v) is 6.95. The number of carbonyl (C=O) groups is 3. The van der Waals surface area contributed by atoms with Crippen LogP contribution >= 0.6 is 23.4 Å². The lowest BCUT2D eigenvalue weighted by atomic mass is 10.1. The predicted octanol–water partition coefficient (Wildman–Crippen LogP) is 6.49. The van der Waals surface area contributed by atoms with Gasteiger partial charge in [-0.3, -0.25) is 14.4 Å². The standard InChI is InChI=1S/C31H26ClN3O4S/c1-39-28-14-8-7-13-26(28)34-29(36)20-40-24-17-15-23(16-18-24)33-31(38)27(19-22-11-5-6-12-25(22)32)35-30(37)21-9-3-2-4-10-21/h2-19H,20H2,1H3,(H,33,38)(H,34,36)(H,35,37)/b27-19-. The fourth-order valence-electron chi connectivity index (χ4n) is 3.61. The molecule has 3 amide bonds. The van der Waals surface area contributed by atoms with E-state index in [4.69, 9.17) is 16.3 Å². The number of anilines is 2. The molecule has 0 radical (unpaired) electrons. The fourth-order valence-corrected chi connectivity index (χ4v) is 4.49. The molecule has 7 nitrogen and oxygen atoms in total. The quantitative estimate of drug-likeness (QED) is 0.149. The summed E-state index contributed by atoms with van der Waals surface area (Å²) in [5.74, 6) is -0.327. The van der Waals surface area contributed by atoms with Crippen LogP contribution in [0.3, 0.4) is 0 Å². The molecule has 0 fully saturated rings. The number of ether oxygens (including phenoxy) is 1. The van der Waals surface area contributed by atoms with Crippen molar-refractivity contribution in [3.63, 3.8) is 0 Å². The van der Waals surface area contributed by atoms with E-state index in [1.54, 1.807) is 98.1 Å². The van der Waals surface area contributed by atoms with Crippen molar-refractivity contribution in [3.8, 4) is 5.75 Å². The maximum atomic E-state index is 13.2. The van der Waals surface area contributed by atoms with Crippen LogP contribution in [0.5, 0.6) is 5.75 Å². The van der Waals surface area contributed by atoms with E-state index in [2.05, 4.69) is 16.0 Å². The van der Waals surface area contributed by atoms with Crippen LogP contribution in [0.25, 0.3) is 6.08 Å². The Morgan fingerprint density at radius 2 is 1.50 bits per heavy atom. The number of carbonyl (C=O) groups excluding carboxylic acids is 3. The topological polar surface area (TPSA) is 96.5 Å². The van der Waals surface area contributed by atoms with Gasteiger partial charge >= 0.3 is 0 Å². The van der Waals surface area contributed by atoms with Gasteiger partial charge in [-0.15, -0.1) is 11.8 Å². The number of nitrogens with one attached hydrogen (secondary N) is 3. The first-order valence-corrected chi connectivity index (χ1v) is 13.6. The summed E-state index contributed by atoms with van der Waals surface area (Å²) in [6, 6.07) is 29.9. The van der Waals surface area contributed by atoms with Crippen molar-refractivity contribution < 1.29 is 19.1 Å². The average molecular weight is 572 g/mol. The highest BCUT2D eigenvalue weighted by molar-refractivity contribution is 8.00. The molecule has 0 aromatic heterocycles. The number of benzene rings is 4. The Kier molecular flexibility index (Phi) is 9.99. The van der Waals surface area contributed by atoms with Crippen LogP contribution in [0, 0.1) is 0 Å². The Hall–Kier alpha value is -4.53. The highest BCUT2D eigenvalue weighted by Gasteiger charge is 2.16. The molecule has 0 bridgehead atoms. The molecule has 4 rings (SSSR count). The Morgan fingerprint density at radius 1 is 0.825 bits per heavy atom. The van der Waals surface area contributed by atoms with Crippen molar-refractivity contribution in [1.82, 2.24) is 5.32 Å². The number of para-hydroxylation sites is 2. The van der Waals surface area contributed by atoms with Crippen LogP contribution in [0.15, 0.2) is 114 Å². The third-order valence-electron chi connectivity index (χ3n) is 5.60. The number of thioether (sulfide) groups is 1. The van der Waals surface area contributed by atoms with Gasteiger partial charge < -0.3 is 20.7 Å². The largest absolute Gasteiger partial charge is 0.495 e. The molecule has 0 unspecified atom stereocenters. The third kappa shape index (κ3) is 7.99. The van der Waals surface area contributed by atoms with E-state index in [1.807, 2.05) is 12.1 Å². The van der Waals surface area contributed by atoms with E-state index in [-0.39, 0.29) is 17.4 Å². The number of rotatable bonds is 10. The molecule has 0 aliphatic carbocycles. The molecular formula is C31H26ClN3O4S. The van der Waals surface area contributed by atoms with Crippen LogP contribution in [0.2, 0.25) is 5.02 Å². The smallest absolute Gasteiger partial charge is 0.272 e. The maximum absolute atomic E-state index is 13.2. The van der Waals surface area contributed by atoms with Crippen molar-refractivity contribution in [2.24, 2.45) is 0 Å². The molecule has 40 heavy (non-hydrogen) atoms. The van der Waals surface area contributed by atoms with Crippen molar-refractivity contribution in [3.05, 3.63) is 125 Å². The molecular weight excluding hydrogens is 546 g/mol. The van der Waals surface area contributed by atoms with E-state index in [1.165, 1.54) is 17.8 Å². The van der Waals surface area contributed by atoms with Gasteiger partial charge in [-0.2, -0.15) is 0 Å². The molecule has 0 aliphatic heterocycles. The predicted molar refractivity (Wildman–Crippen MR) is 161 cm³/mol. The van der Waals surface area contributed by atoms with E-state index < -0.39 is 11.8 Å². The van der Waals surface area contributed by atoms with Gasteiger partial charge in [0.15, 0.2) is 0 Å². The van der Waals surface area contributed by atoms with E-state index in [0.717, 1.165) is 4.90 Å². The van der Waals surface area contributed by atoms with Gasteiger partial charge in [0.05, 0.1) is 18.6 Å². The lowest BCUT2D eigenvalue weighted by Crippen LogP contribution is -2.30. The SMILES string of the molecule is COc1ccccc1NC(=O)CSc1ccc(NC(=O)/C(=C/c2ccccc2Cl)NC(=O)c2ccccc2)cc1. The minimum Gasteiger partial charge on any atom is -0.495 e. The second kappa shape index (κ2) is 14.0. The second-order valence-corrected chi connectivity index (χ2v) is 9.87. The number of amides is 3. The first kappa shape index (κ1) is 28.5. The van der Waals surface area contributed by atoms with Gasteiger partial charge in [-0.05, 0) is 66.2 Å². The lowest BCUT2D eigenvalue weighted by molar-refractivity contribution is -0.114. The lowest BCUT2D eigenvalue weighted by Gasteiger charge is -2.12. The highest BCUT2D eigenvalue weighted by Crippen LogP contribution is 2.25. The first-order chi connectivity index (χ1) is 19.4. The summed E-state index contributed by atoms with van der Waals surface area (Å²) >= 11 is 7.65. The van der Waals surface area contributed by atoms with Crippen LogP contribution in [-0.2, 0) is 9.59 Å². The Balaban J connectivity index is 1.41. The summed E-state index contributed by atoms with van der Waals surface area (Å²) < 4.78 is 5.26. The molecule has 0 spiro atoms. The summed E-state index contributed by atoms with van der Waals surface area (Å²) in [5, 5.41) is 8.79. The van der Waals surface area contributed by atoms with Gasteiger partial charge in [-0.25, -0.2) is 0 Å². The van der Waals surface area contributed by atoms with E-state index in [9.17, 15) is 14.4 Å². The minimum atomic E-state index is -0.513. The van der Waals surface area contributed by atoms with Gasteiger partial charge in [0.1, 0.15) is 11.4 Å². The number of methoxy groups -OCH3 is 1. The molecule has 0 aliphatic rings. The zero-order chi connectivity index (χ0) is 28.3. The zero-order valence-corrected chi connectivity index (χ0v) is 23.1. The normalized spacial score (nSPS) is 10.9. The number of hydrogen-bond donors (Lipinski definition) is 3. The number of halogens is 1. The van der Waals surface area contributed by atoms with Crippen LogP contribution in [0.1, 0.15) is 15.9 Å². The molecule has 0 saturated heterocycles. The summed E-state index contributed by atoms with van der Waals surface area (Å²) in [6.07, 6.45) is 1.53. The van der Waals surface area contributed by atoms with Gasteiger partial charge in [-0.1, -0.05) is 60.1 Å². The monoisotopic (exact) mass is 571 g/mol. The van der Waals surface area contributed by atoms with Crippen molar-refractivity contribution in [2.45, 2.75) is 4.90 Å². The van der Waals surface area contributed by atoms with Crippen molar-refractivity contribution >= 4 is 58.5 Å². The van der Waals surface area contributed by atoms with Gasteiger partial charge in [0.2, 0.25) is 5.91 Å². The average Bonchev–Trinajstić information content (AvgIpc) is 2.98. The summed E-state index contributed by atoms with van der Waals surface area (Å²) in [6.45, 7) is 0. The maximum Gasteiger partial charge on any atom is 0.272 e. The zero-order valence-electron chi connectivity index (χ0n) is 21.5. The van der Waals surface area contributed by atoms with E-state index >= 15 is 0 Å². The molecule has 9 heteroatoms. The van der Waals surface area contributed by atoms with Crippen LogP contribution in [0.4, 0.5) is 11.4 Å². The molecule has 3 N–H and O–H groups in total. The second-order valence-electron chi connectivity index (χ2n) is 8.42. The fraction of sp³-hybridized carbons (Fsp3) is 0.0645. The van der Waals surface area contributed by atoms with Crippen molar-refractivity contribution in [2.75, 3.05) is 23.5 Å². The van der Waals surface area contributed by atoms with Gasteiger partial charge in [0.25, 0.3) is 11.8 Å². The molecule has 202 valence electrons. The Bertz CT molecular complexity index is 1530. The summed E-state index contributed by atoms with van der Waals surface area (Å²) in [7, 11) is 1.55. The van der Waals surface area contributed by atoms with Gasteiger partial charge in [0, 0.05) is 21.2 Å². The Morgan fingerprint density at radius 3 is 2.23 bits per heavy atom. The summed E-state index contributed by atoms with van der Waals surface area (Å²) in [5.41, 5.74) is 2.16. The molecule has 0 atom stereocenters. The first-order valence-electron chi connectivity index (χ1n) is 12.2. The molecule has 4 aromatic carbocycles. The van der Waals surface area contributed by atoms with Crippen LogP contribution in [-0.4, -0.2) is 30.6 Å². The molecule has 0 saturated carbocycles. The molecule has 4 aromatic rings. The van der Waals surface area contributed by atoms with Crippen molar-refractivity contribution in [1.29, 1.82) is 0 Å². The minimum absolute atomic E-state index is 0.0356. The highest BCUT2D eigenvalue weighted by atomic mass is 35.5. The Labute approximate surface area is 241 Å². The summed E-state index contributed by atoms with van der Waals surface area (Å²) in [4.78, 5) is 39.3. The molecule has 0 heterocycles.